The van der Waals surface area contributed by atoms with Crippen molar-refractivity contribution in [2.24, 2.45) is 12.8 Å². The number of amides is 1. The van der Waals surface area contributed by atoms with Gasteiger partial charge in [0.15, 0.2) is 0 Å². The van der Waals surface area contributed by atoms with Gasteiger partial charge in [0.05, 0.1) is 34.5 Å². The molecular formula is C19H19Cl2N5O2. The van der Waals surface area contributed by atoms with E-state index >= 15 is 0 Å². The van der Waals surface area contributed by atoms with Crippen LogP contribution in [0.15, 0.2) is 18.3 Å². The number of aromatic nitrogens is 3. The maximum Gasteiger partial charge on any atom is 0.247 e. The molecule has 1 aromatic carbocycles. The first-order valence-corrected chi connectivity index (χ1v) is 9.80. The van der Waals surface area contributed by atoms with Gasteiger partial charge in [0, 0.05) is 55.0 Å². The number of aryl methyl sites for hydroxylation is 1. The minimum Gasteiger partial charge on any atom is -0.376 e. The summed E-state index contributed by atoms with van der Waals surface area (Å²) in [6.07, 6.45) is 2.58. The molecule has 28 heavy (non-hydrogen) atoms. The molecule has 5 rings (SSSR count). The van der Waals surface area contributed by atoms with Gasteiger partial charge in [-0.3, -0.25) is 9.48 Å². The first-order chi connectivity index (χ1) is 13.4. The molecule has 9 heteroatoms. The van der Waals surface area contributed by atoms with Gasteiger partial charge in [0.25, 0.3) is 0 Å². The number of hydrogen-bond acceptors (Lipinski definition) is 4. The summed E-state index contributed by atoms with van der Waals surface area (Å²) in [6.45, 7) is 1.60. The molecule has 0 aliphatic carbocycles. The Hall–Kier alpha value is -2.06. The number of fused-ring (bicyclic) bond motifs is 3. The number of ether oxygens (including phenoxy) is 1. The van der Waals surface area contributed by atoms with Crippen LogP contribution >= 0.6 is 23.2 Å². The molecular weight excluding hydrogens is 401 g/mol. The molecule has 146 valence electrons. The van der Waals surface area contributed by atoms with E-state index in [-0.39, 0.29) is 19.1 Å². The van der Waals surface area contributed by atoms with Crippen LogP contribution in [0.5, 0.6) is 0 Å². The third-order valence-electron chi connectivity index (χ3n) is 5.56. The van der Waals surface area contributed by atoms with Crippen LogP contribution in [-0.2, 0) is 29.5 Å². The summed E-state index contributed by atoms with van der Waals surface area (Å²) < 4.78 is 6.90. The Labute approximate surface area is 171 Å². The van der Waals surface area contributed by atoms with E-state index in [0.717, 1.165) is 33.4 Å². The van der Waals surface area contributed by atoms with Crippen LogP contribution in [0.2, 0.25) is 10.0 Å². The highest BCUT2D eigenvalue weighted by Gasteiger charge is 2.45. The summed E-state index contributed by atoms with van der Waals surface area (Å²) in [5, 5.41) is 6.43. The Kier molecular flexibility index (Phi) is 4.00. The third kappa shape index (κ3) is 2.58. The van der Waals surface area contributed by atoms with E-state index in [9.17, 15) is 4.79 Å². The molecule has 0 bridgehead atoms. The highest BCUT2D eigenvalue weighted by atomic mass is 35.5. The molecule has 0 saturated carbocycles. The molecule has 1 fully saturated rings. The summed E-state index contributed by atoms with van der Waals surface area (Å²) in [5.74, 6) is -0.0711. The number of carbonyl (C=O) groups excluding carboxylic acids is 1. The Morgan fingerprint density at radius 3 is 2.82 bits per heavy atom. The van der Waals surface area contributed by atoms with Crippen LogP contribution in [0.4, 0.5) is 0 Å². The number of carbonyl (C=O) groups is 1. The van der Waals surface area contributed by atoms with Crippen molar-refractivity contribution in [1.29, 1.82) is 0 Å². The minimum atomic E-state index is -0.908. The van der Waals surface area contributed by atoms with Crippen molar-refractivity contribution < 1.29 is 9.53 Å². The van der Waals surface area contributed by atoms with Gasteiger partial charge >= 0.3 is 0 Å². The minimum absolute atomic E-state index is 0.0711. The van der Waals surface area contributed by atoms with Crippen molar-refractivity contribution >= 4 is 40.0 Å². The van der Waals surface area contributed by atoms with E-state index in [0.29, 0.717) is 29.6 Å². The van der Waals surface area contributed by atoms with Gasteiger partial charge in [0.2, 0.25) is 5.91 Å². The van der Waals surface area contributed by atoms with Gasteiger partial charge in [-0.05, 0) is 12.1 Å². The molecule has 2 aliphatic heterocycles. The van der Waals surface area contributed by atoms with Crippen LogP contribution < -0.4 is 5.73 Å². The van der Waals surface area contributed by atoms with Crippen molar-refractivity contribution in [2.75, 3.05) is 19.8 Å². The van der Waals surface area contributed by atoms with Gasteiger partial charge in [-0.1, -0.05) is 23.2 Å². The lowest BCUT2D eigenvalue weighted by molar-refractivity contribution is -0.155. The maximum absolute atomic E-state index is 12.9. The normalized spacial score (nSPS) is 18.2. The number of benzene rings is 1. The van der Waals surface area contributed by atoms with Gasteiger partial charge in [0.1, 0.15) is 5.54 Å². The number of hydrogen-bond donors (Lipinski definition) is 2. The van der Waals surface area contributed by atoms with E-state index in [1.807, 2.05) is 30.3 Å². The lowest BCUT2D eigenvalue weighted by Gasteiger charge is -2.41. The number of aromatic amines is 1. The fraction of sp³-hybridized carbons (Fsp3) is 0.368. The molecule has 7 nitrogen and oxygen atoms in total. The average molecular weight is 420 g/mol. The number of nitrogens with one attached hydrogen (secondary N) is 1. The SMILES string of the molecule is Cn1ccc(-c2cc(Cl)c(Cl)c3[nH]c4c(c23)CN(C(=O)C2(N)COC2)CC4)n1. The Morgan fingerprint density at radius 2 is 2.18 bits per heavy atom. The molecule has 0 spiro atoms. The summed E-state index contributed by atoms with van der Waals surface area (Å²) in [4.78, 5) is 18.1. The van der Waals surface area contributed by atoms with Crippen LogP contribution in [-0.4, -0.2) is 50.9 Å². The molecule has 0 radical (unpaired) electrons. The molecule has 3 N–H and O–H groups in total. The van der Waals surface area contributed by atoms with Crippen LogP contribution in [0, 0.1) is 0 Å². The zero-order valence-electron chi connectivity index (χ0n) is 15.3. The van der Waals surface area contributed by atoms with E-state index in [2.05, 4.69) is 10.1 Å². The first-order valence-electron chi connectivity index (χ1n) is 9.05. The maximum atomic E-state index is 12.9. The number of nitrogens with two attached hydrogens (primary N) is 1. The number of nitrogens with zero attached hydrogens (tertiary/aromatic N) is 3. The summed E-state index contributed by atoms with van der Waals surface area (Å²) in [7, 11) is 1.87. The smallest absolute Gasteiger partial charge is 0.247 e. The molecule has 1 saturated heterocycles. The zero-order valence-corrected chi connectivity index (χ0v) is 16.8. The van der Waals surface area contributed by atoms with E-state index in [4.69, 9.17) is 33.7 Å². The van der Waals surface area contributed by atoms with Crippen molar-refractivity contribution in [3.05, 3.63) is 39.6 Å². The largest absolute Gasteiger partial charge is 0.376 e. The van der Waals surface area contributed by atoms with Crippen LogP contribution in [0.25, 0.3) is 22.2 Å². The fourth-order valence-electron chi connectivity index (χ4n) is 4.03. The van der Waals surface area contributed by atoms with Crippen LogP contribution in [0.1, 0.15) is 11.3 Å². The summed E-state index contributed by atoms with van der Waals surface area (Å²) in [5.41, 5.74) is 9.86. The number of H-pyrrole nitrogens is 1. The van der Waals surface area contributed by atoms with E-state index in [1.165, 1.54) is 0 Å². The van der Waals surface area contributed by atoms with Crippen molar-refractivity contribution in [3.63, 3.8) is 0 Å². The second-order valence-electron chi connectivity index (χ2n) is 7.55. The predicted octanol–water partition coefficient (Wildman–Crippen LogP) is 2.49. The third-order valence-corrected chi connectivity index (χ3v) is 6.35. The first kappa shape index (κ1) is 18.0. The van der Waals surface area contributed by atoms with E-state index in [1.54, 1.807) is 4.68 Å². The molecule has 4 heterocycles. The summed E-state index contributed by atoms with van der Waals surface area (Å²) in [6, 6.07) is 3.78. The second kappa shape index (κ2) is 6.22. The van der Waals surface area contributed by atoms with Gasteiger partial charge < -0.3 is 20.4 Å². The van der Waals surface area contributed by atoms with Crippen LogP contribution in [0.3, 0.4) is 0 Å². The lowest BCUT2D eigenvalue weighted by atomic mass is 9.94. The second-order valence-corrected chi connectivity index (χ2v) is 8.34. The Morgan fingerprint density at radius 1 is 1.39 bits per heavy atom. The Bertz CT molecular complexity index is 1120. The van der Waals surface area contributed by atoms with Crippen molar-refractivity contribution in [1.82, 2.24) is 19.7 Å². The molecule has 0 unspecified atom stereocenters. The predicted molar refractivity (Wildman–Crippen MR) is 107 cm³/mol. The standard InChI is InChI=1S/C19H19Cl2N5O2/c1-25-4-2-14(24-25)10-6-12(20)16(21)17-15(10)11-7-26(5-3-13(11)23-17)18(27)19(22)8-28-9-19/h2,4,6,23H,3,5,7-9,22H2,1H3. The number of rotatable bonds is 2. The molecule has 1 amide bonds. The van der Waals surface area contributed by atoms with Crippen molar-refractivity contribution in [3.8, 4) is 11.3 Å². The lowest BCUT2D eigenvalue weighted by Crippen LogP contribution is -2.67. The fourth-order valence-corrected chi connectivity index (χ4v) is 4.43. The highest BCUT2D eigenvalue weighted by molar-refractivity contribution is 6.45. The molecule has 2 aromatic heterocycles. The monoisotopic (exact) mass is 419 g/mol. The molecule has 2 aliphatic rings. The van der Waals surface area contributed by atoms with Gasteiger partial charge in [-0.15, -0.1) is 0 Å². The topological polar surface area (TPSA) is 89.2 Å². The molecule has 0 atom stereocenters. The number of halogens is 2. The summed E-state index contributed by atoms with van der Waals surface area (Å²) >= 11 is 12.9. The van der Waals surface area contributed by atoms with Crippen molar-refractivity contribution in [2.45, 2.75) is 18.5 Å². The quantitative estimate of drug-likeness (QED) is 0.667. The Balaban J connectivity index is 1.65. The van der Waals surface area contributed by atoms with Gasteiger partial charge in [-0.2, -0.15) is 5.10 Å². The highest BCUT2D eigenvalue weighted by Crippen LogP contribution is 2.42. The van der Waals surface area contributed by atoms with E-state index < -0.39 is 5.54 Å². The molecule has 3 aromatic rings. The zero-order chi connectivity index (χ0) is 19.6. The average Bonchev–Trinajstić information content (AvgIpc) is 3.25. The van der Waals surface area contributed by atoms with Gasteiger partial charge in [-0.25, -0.2) is 0 Å².